The molecule has 1 aromatic heterocycles. The summed E-state index contributed by atoms with van der Waals surface area (Å²) < 4.78 is 5.61. The molecule has 1 amide bonds. The fourth-order valence-corrected chi connectivity index (χ4v) is 2.73. The molecule has 5 nitrogen and oxygen atoms in total. The number of benzene rings is 1. The highest BCUT2D eigenvalue weighted by Gasteiger charge is 2.41. The molecule has 1 fully saturated rings. The van der Waals surface area contributed by atoms with Crippen LogP contribution in [0, 0.1) is 0 Å². The molecule has 2 unspecified atom stereocenters. The lowest BCUT2D eigenvalue weighted by atomic mass is 9.89. The maximum atomic E-state index is 11.9. The van der Waals surface area contributed by atoms with Gasteiger partial charge in [0.25, 0.3) is 0 Å². The third-order valence-corrected chi connectivity index (χ3v) is 3.55. The van der Waals surface area contributed by atoms with E-state index in [0.29, 0.717) is 6.61 Å². The van der Waals surface area contributed by atoms with Crippen LogP contribution in [-0.4, -0.2) is 17.1 Å². The van der Waals surface area contributed by atoms with Gasteiger partial charge in [-0.25, -0.2) is 5.43 Å². The molecule has 0 bridgehead atoms. The summed E-state index contributed by atoms with van der Waals surface area (Å²) in [7, 11) is 0. The van der Waals surface area contributed by atoms with Gasteiger partial charge in [-0.05, 0) is 11.6 Å². The molecule has 0 saturated carbocycles. The Hall–Kier alpha value is -1.98. The summed E-state index contributed by atoms with van der Waals surface area (Å²) in [6, 6.07) is 7.88. The van der Waals surface area contributed by atoms with Crippen LogP contribution in [0.3, 0.4) is 0 Å². The van der Waals surface area contributed by atoms with E-state index in [0.717, 1.165) is 22.0 Å². The minimum atomic E-state index is -0.290. The second-order valence-electron chi connectivity index (χ2n) is 4.56. The van der Waals surface area contributed by atoms with E-state index in [9.17, 15) is 4.79 Å². The number of pyridine rings is 1. The van der Waals surface area contributed by atoms with Crippen molar-refractivity contribution in [2.75, 3.05) is 0 Å². The molecule has 2 N–H and O–H groups in total. The second kappa shape index (κ2) is 3.51. The van der Waals surface area contributed by atoms with Crippen molar-refractivity contribution in [1.82, 2.24) is 15.8 Å². The van der Waals surface area contributed by atoms with Crippen molar-refractivity contribution in [3.05, 3.63) is 41.6 Å². The number of hydrazine groups is 1. The molecule has 2 aromatic rings. The van der Waals surface area contributed by atoms with Crippen LogP contribution >= 0.6 is 0 Å². The molecule has 90 valence electrons. The summed E-state index contributed by atoms with van der Waals surface area (Å²) in [5.74, 6) is -0.334. The van der Waals surface area contributed by atoms with Gasteiger partial charge in [-0.2, -0.15) is 0 Å². The first-order valence-electron chi connectivity index (χ1n) is 5.88. The van der Waals surface area contributed by atoms with Gasteiger partial charge in [0.05, 0.1) is 12.1 Å². The third kappa shape index (κ3) is 1.23. The molecule has 2 aliphatic heterocycles. The van der Waals surface area contributed by atoms with Crippen LogP contribution in [0.2, 0.25) is 0 Å². The molecule has 1 saturated heterocycles. The van der Waals surface area contributed by atoms with Crippen molar-refractivity contribution in [2.45, 2.75) is 18.8 Å². The standard InChI is InChI=1S/C13H11N3O2/c17-12-11-10-7(6-18-13(11)16-15-12)5-14-9-4-2-1-3-8(9)10/h1-5,11,13,16H,6H2,(H,15,17). The van der Waals surface area contributed by atoms with Crippen LogP contribution in [0.4, 0.5) is 0 Å². The van der Waals surface area contributed by atoms with E-state index in [4.69, 9.17) is 4.74 Å². The van der Waals surface area contributed by atoms with Crippen LogP contribution < -0.4 is 10.9 Å². The van der Waals surface area contributed by atoms with E-state index in [1.54, 1.807) is 6.20 Å². The Morgan fingerprint density at radius 3 is 3.17 bits per heavy atom. The highest BCUT2D eigenvalue weighted by Crippen LogP contribution is 2.36. The molecule has 4 rings (SSSR count). The number of rotatable bonds is 0. The Balaban J connectivity index is 2.04. The van der Waals surface area contributed by atoms with Crippen LogP contribution in [0.5, 0.6) is 0 Å². The average Bonchev–Trinajstić information content (AvgIpc) is 2.80. The molecule has 1 aromatic carbocycles. The number of para-hydroxylation sites is 1. The van der Waals surface area contributed by atoms with Crippen LogP contribution in [-0.2, 0) is 16.1 Å². The SMILES string of the molecule is O=C1NNC2OCc3cnc4ccccc4c3C12. The first kappa shape index (κ1) is 9.99. The van der Waals surface area contributed by atoms with Crippen molar-refractivity contribution in [3.63, 3.8) is 0 Å². The van der Waals surface area contributed by atoms with Gasteiger partial charge in [0.2, 0.25) is 5.91 Å². The molecular weight excluding hydrogens is 230 g/mol. The highest BCUT2D eigenvalue weighted by molar-refractivity contribution is 5.93. The van der Waals surface area contributed by atoms with Gasteiger partial charge in [0.15, 0.2) is 0 Å². The minimum absolute atomic E-state index is 0.0442. The Morgan fingerprint density at radius 1 is 1.33 bits per heavy atom. The molecule has 2 aliphatic rings. The smallest absolute Gasteiger partial charge is 0.245 e. The first-order chi connectivity index (χ1) is 8.84. The highest BCUT2D eigenvalue weighted by atomic mass is 16.5. The Morgan fingerprint density at radius 2 is 2.22 bits per heavy atom. The number of hydrogen-bond acceptors (Lipinski definition) is 4. The molecule has 3 heterocycles. The summed E-state index contributed by atoms with van der Waals surface area (Å²) in [4.78, 5) is 16.3. The van der Waals surface area contributed by atoms with Gasteiger partial charge in [0.1, 0.15) is 12.1 Å². The quantitative estimate of drug-likeness (QED) is 0.716. The van der Waals surface area contributed by atoms with E-state index in [1.165, 1.54) is 0 Å². The van der Waals surface area contributed by atoms with Crippen molar-refractivity contribution >= 4 is 16.8 Å². The van der Waals surface area contributed by atoms with Crippen molar-refractivity contribution in [1.29, 1.82) is 0 Å². The van der Waals surface area contributed by atoms with Crippen molar-refractivity contribution in [3.8, 4) is 0 Å². The number of hydrogen-bond donors (Lipinski definition) is 2. The zero-order valence-corrected chi connectivity index (χ0v) is 9.51. The number of ether oxygens (including phenoxy) is 1. The first-order valence-corrected chi connectivity index (χ1v) is 5.88. The molecule has 18 heavy (non-hydrogen) atoms. The zero-order chi connectivity index (χ0) is 12.1. The number of nitrogens with zero attached hydrogens (tertiary/aromatic N) is 1. The predicted molar refractivity (Wildman–Crippen MR) is 64.3 cm³/mol. The van der Waals surface area contributed by atoms with E-state index in [-0.39, 0.29) is 18.1 Å². The molecule has 2 atom stereocenters. The van der Waals surface area contributed by atoms with Crippen LogP contribution in [0.15, 0.2) is 30.5 Å². The molecule has 5 heteroatoms. The van der Waals surface area contributed by atoms with Gasteiger partial charge >= 0.3 is 0 Å². The topological polar surface area (TPSA) is 63.2 Å². The lowest BCUT2D eigenvalue weighted by Crippen LogP contribution is -2.35. The van der Waals surface area contributed by atoms with Crippen molar-refractivity contribution in [2.24, 2.45) is 0 Å². The Bertz CT molecular complexity index is 656. The zero-order valence-electron chi connectivity index (χ0n) is 9.51. The maximum absolute atomic E-state index is 11.9. The van der Waals surface area contributed by atoms with Crippen LogP contribution in [0.25, 0.3) is 10.9 Å². The summed E-state index contributed by atoms with van der Waals surface area (Å²) in [5.41, 5.74) is 8.45. The summed E-state index contributed by atoms with van der Waals surface area (Å²) in [5, 5.41) is 1.03. The maximum Gasteiger partial charge on any atom is 0.245 e. The lowest BCUT2D eigenvalue weighted by Gasteiger charge is -2.26. The number of aromatic nitrogens is 1. The average molecular weight is 241 g/mol. The van der Waals surface area contributed by atoms with Crippen LogP contribution in [0.1, 0.15) is 17.0 Å². The third-order valence-electron chi connectivity index (χ3n) is 3.55. The second-order valence-corrected chi connectivity index (χ2v) is 4.56. The summed E-state index contributed by atoms with van der Waals surface area (Å²) in [6.07, 6.45) is 1.52. The Labute approximate surface area is 103 Å². The Kier molecular flexibility index (Phi) is 1.95. The largest absolute Gasteiger partial charge is 0.356 e. The van der Waals surface area contributed by atoms with Crippen molar-refractivity contribution < 1.29 is 9.53 Å². The van der Waals surface area contributed by atoms with E-state index >= 15 is 0 Å². The summed E-state index contributed by atoms with van der Waals surface area (Å²) in [6.45, 7) is 0.482. The molecular formula is C13H11N3O2. The monoisotopic (exact) mass is 241 g/mol. The summed E-state index contributed by atoms with van der Waals surface area (Å²) >= 11 is 0. The van der Waals surface area contributed by atoms with Gasteiger partial charge in [-0.3, -0.25) is 15.2 Å². The number of amides is 1. The minimum Gasteiger partial charge on any atom is -0.356 e. The van der Waals surface area contributed by atoms with Gasteiger partial charge in [0, 0.05) is 17.1 Å². The number of carbonyl (C=O) groups is 1. The van der Waals surface area contributed by atoms with E-state index in [1.807, 2.05) is 24.3 Å². The fraction of sp³-hybridized carbons (Fsp3) is 0.231. The number of carbonyl (C=O) groups excluding carboxylic acids is 1. The molecule has 0 radical (unpaired) electrons. The lowest BCUT2D eigenvalue weighted by molar-refractivity contribution is -0.122. The number of nitrogens with one attached hydrogen (secondary N) is 2. The van der Waals surface area contributed by atoms with Gasteiger partial charge in [-0.1, -0.05) is 18.2 Å². The van der Waals surface area contributed by atoms with Gasteiger partial charge in [-0.15, -0.1) is 0 Å². The van der Waals surface area contributed by atoms with E-state index in [2.05, 4.69) is 15.8 Å². The fourth-order valence-electron chi connectivity index (χ4n) is 2.73. The normalized spacial score (nSPS) is 25.7. The number of fused-ring (bicyclic) bond motifs is 5. The van der Waals surface area contributed by atoms with Gasteiger partial charge < -0.3 is 4.74 Å². The van der Waals surface area contributed by atoms with E-state index < -0.39 is 0 Å². The molecule has 0 spiro atoms. The predicted octanol–water partition coefficient (Wildman–Crippen LogP) is 0.809. The molecule has 0 aliphatic carbocycles.